The SMILES string of the molecule is CC(C)CSc1ncnc2scc(-c3ccc(Cl)cc3)c12. The summed E-state index contributed by atoms with van der Waals surface area (Å²) in [5, 5.41) is 5.14. The van der Waals surface area contributed by atoms with Gasteiger partial charge in [0.15, 0.2) is 0 Å². The van der Waals surface area contributed by atoms with Crippen molar-refractivity contribution >= 4 is 44.9 Å². The van der Waals surface area contributed by atoms with Gasteiger partial charge in [-0.25, -0.2) is 9.97 Å². The number of aromatic nitrogens is 2. The maximum atomic E-state index is 5.98. The fourth-order valence-corrected chi connectivity index (χ4v) is 4.11. The first kappa shape index (κ1) is 14.8. The minimum absolute atomic E-state index is 0.637. The lowest BCUT2D eigenvalue weighted by Gasteiger charge is -2.07. The van der Waals surface area contributed by atoms with Gasteiger partial charge in [0.1, 0.15) is 16.2 Å². The summed E-state index contributed by atoms with van der Waals surface area (Å²) in [6.45, 7) is 4.44. The molecule has 108 valence electrons. The first-order valence-corrected chi connectivity index (χ1v) is 9.00. The molecule has 0 aliphatic rings. The van der Waals surface area contributed by atoms with Crippen LogP contribution < -0.4 is 0 Å². The number of rotatable bonds is 4. The summed E-state index contributed by atoms with van der Waals surface area (Å²) in [6.07, 6.45) is 1.66. The highest BCUT2D eigenvalue weighted by Gasteiger charge is 2.13. The molecule has 0 bridgehead atoms. The van der Waals surface area contributed by atoms with E-state index >= 15 is 0 Å². The Hall–Kier alpha value is -1.10. The van der Waals surface area contributed by atoms with Crippen molar-refractivity contribution in [2.75, 3.05) is 5.75 Å². The minimum Gasteiger partial charge on any atom is -0.229 e. The normalized spacial score (nSPS) is 11.4. The molecular formula is C16H15ClN2S2. The van der Waals surface area contributed by atoms with E-state index in [9.17, 15) is 0 Å². The Morgan fingerprint density at radius 3 is 2.67 bits per heavy atom. The van der Waals surface area contributed by atoms with E-state index in [2.05, 4.69) is 29.2 Å². The molecule has 2 aromatic heterocycles. The van der Waals surface area contributed by atoms with E-state index < -0.39 is 0 Å². The molecule has 0 saturated carbocycles. The standard InChI is InChI=1S/C16H15ClN2S2/c1-10(2)7-20-15-14-13(8-21-16(14)19-9-18-15)11-3-5-12(17)6-4-11/h3-6,8-10H,7H2,1-2H3. The molecule has 0 radical (unpaired) electrons. The van der Waals surface area contributed by atoms with E-state index in [0.717, 1.165) is 31.6 Å². The minimum atomic E-state index is 0.637. The van der Waals surface area contributed by atoms with E-state index in [1.54, 1.807) is 29.4 Å². The van der Waals surface area contributed by atoms with Crippen molar-refractivity contribution in [2.45, 2.75) is 18.9 Å². The Labute approximate surface area is 137 Å². The fraction of sp³-hybridized carbons (Fsp3) is 0.250. The maximum absolute atomic E-state index is 5.98. The zero-order valence-electron chi connectivity index (χ0n) is 11.8. The second-order valence-corrected chi connectivity index (χ2v) is 7.52. The number of fused-ring (bicyclic) bond motifs is 1. The van der Waals surface area contributed by atoms with Crippen LogP contribution in [0, 0.1) is 5.92 Å². The average molecular weight is 335 g/mol. The summed E-state index contributed by atoms with van der Waals surface area (Å²) < 4.78 is 0. The number of benzene rings is 1. The van der Waals surface area contributed by atoms with Crippen LogP contribution in [0.5, 0.6) is 0 Å². The van der Waals surface area contributed by atoms with Gasteiger partial charge in [-0.05, 0) is 23.6 Å². The highest BCUT2D eigenvalue weighted by Crippen LogP contribution is 2.38. The van der Waals surface area contributed by atoms with E-state index in [-0.39, 0.29) is 0 Å². The number of thioether (sulfide) groups is 1. The number of halogens is 1. The summed E-state index contributed by atoms with van der Waals surface area (Å²) >= 11 is 9.45. The zero-order valence-corrected chi connectivity index (χ0v) is 14.2. The third-order valence-electron chi connectivity index (χ3n) is 3.04. The zero-order chi connectivity index (χ0) is 14.8. The smallest absolute Gasteiger partial charge is 0.128 e. The Kier molecular flexibility index (Phi) is 4.48. The van der Waals surface area contributed by atoms with Gasteiger partial charge in [0, 0.05) is 21.7 Å². The van der Waals surface area contributed by atoms with Crippen LogP contribution in [0.1, 0.15) is 13.8 Å². The summed E-state index contributed by atoms with van der Waals surface area (Å²) in [5.41, 5.74) is 2.35. The van der Waals surface area contributed by atoms with Crippen LogP contribution in [0.4, 0.5) is 0 Å². The molecule has 3 rings (SSSR count). The number of thiophene rings is 1. The average Bonchev–Trinajstić information content (AvgIpc) is 2.90. The summed E-state index contributed by atoms with van der Waals surface area (Å²) in [4.78, 5) is 9.93. The van der Waals surface area contributed by atoms with Gasteiger partial charge in [-0.1, -0.05) is 37.6 Å². The predicted molar refractivity (Wildman–Crippen MR) is 93.4 cm³/mol. The van der Waals surface area contributed by atoms with Crippen LogP contribution in [-0.2, 0) is 0 Å². The van der Waals surface area contributed by atoms with Gasteiger partial charge in [0.25, 0.3) is 0 Å². The largest absolute Gasteiger partial charge is 0.229 e. The lowest BCUT2D eigenvalue weighted by Crippen LogP contribution is -1.93. The van der Waals surface area contributed by atoms with E-state index in [0.29, 0.717) is 5.92 Å². The molecule has 0 saturated heterocycles. The molecule has 0 atom stereocenters. The van der Waals surface area contributed by atoms with Crippen molar-refractivity contribution < 1.29 is 0 Å². The van der Waals surface area contributed by atoms with Gasteiger partial charge < -0.3 is 0 Å². The first-order valence-electron chi connectivity index (χ1n) is 6.76. The monoisotopic (exact) mass is 334 g/mol. The van der Waals surface area contributed by atoms with Gasteiger partial charge in [-0.2, -0.15) is 0 Å². The Bertz CT molecular complexity index is 751. The maximum Gasteiger partial charge on any atom is 0.128 e. The van der Waals surface area contributed by atoms with E-state index in [1.165, 1.54) is 5.56 Å². The van der Waals surface area contributed by atoms with Gasteiger partial charge in [0.05, 0.1) is 5.39 Å². The number of nitrogens with zero attached hydrogens (tertiary/aromatic N) is 2. The van der Waals surface area contributed by atoms with Crippen molar-refractivity contribution in [1.29, 1.82) is 0 Å². The van der Waals surface area contributed by atoms with Crippen LogP contribution in [0.2, 0.25) is 5.02 Å². The third kappa shape index (κ3) is 3.23. The molecular weight excluding hydrogens is 320 g/mol. The molecule has 2 nitrogen and oxygen atoms in total. The van der Waals surface area contributed by atoms with Crippen LogP contribution in [0.3, 0.4) is 0 Å². The molecule has 0 fully saturated rings. The van der Waals surface area contributed by atoms with Crippen LogP contribution >= 0.6 is 34.7 Å². The van der Waals surface area contributed by atoms with Crippen LogP contribution in [-0.4, -0.2) is 15.7 Å². The molecule has 1 aromatic carbocycles. The number of hydrogen-bond donors (Lipinski definition) is 0. The quantitative estimate of drug-likeness (QED) is 0.448. The molecule has 0 unspecified atom stereocenters. The lowest BCUT2D eigenvalue weighted by molar-refractivity contribution is 0.749. The van der Waals surface area contributed by atoms with Crippen molar-refractivity contribution in [3.63, 3.8) is 0 Å². The molecule has 0 aliphatic heterocycles. The second-order valence-electron chi connectivity index (χ2n) is 5.22. The molecule has 0 aliphatic carbocycles. The molecule has 3 aromatic rings. The van der Waals surface area contributed by atoms with Crippen LogP contribution in [0.25, 0.3) is 21.3 Å². The highest BCUT2D eigenvalue weighted by atomic mass is 35.5. The van der Waals surface area contributed by atoms with Gasteiger partial charge >= 0.3 is 0 Å². The summed E-state index contributed by atoms with van der Waals surface area (Å²) in [6, 6.07) is 7.94. The lowest BCUT2D eigenvalue weighted by atomic mass is 10.1. The first-order chi connectivity index (χ1) is 10.1. The molecule has 5 heteroatoms. The molecule has 0 spiro atoms. The van der Waals surface area contributed by atoms with Crippen LogP contribution in [0.15, 0.2) is 41.0 Å². The van der Waals surface area contributed by atoms with Crippen molar-refractivity contribution in [3.8, 4) is 11.1 Å². The van der Waals surface area contributed by atoms with Gasteiger partial charge in [-0.3, -0.25) is 0 Å². The van der Waals surface area contributed by atoms with Gasteiger partial charge in [0.2, 0.25) is 0 Å². The Morgan fingerprint density at radius 1 is 1.19 bits per heavy atom. The fourth-order valence-electron chi connectivity index (χ4n) is 2.04. The van der Waals surface area contributed by atoms with Crippen molar-refractivity contribution in [2.24, 2.45) is 5.92 Å². The Morgan fingerprint density at radius 2 is 1.95 bits per heavy atom. The Balaban J connectivity index is 2.08. The molecule has 2 heterocycles. The summed E-state index contributed by atoms with van der Waals surface area (Å²) in [5.74, 6) is 1.69. The summed E-state index contributed by atoms with van der Waals surface area (Å²) in [7, 11) is 0. The van der Waals surface area contributed by atoms with E-state index in [4.69, 9.17) is 11.6 Å². The van der Waals surface area contributed by atoms with Gasteiger partial charge in [-0.15, -0.1) is 23.1 Å². The molecule has 21 heavy (non-hydrogen) atoms. The molecule has 0 amide bonds. The van der Waals surface area contributed by atoms with Crippen molar-refractivity contribution in [1.82, 2.24) is 9.97 Å². The second kappa shape index (κ2) is 6.34. The van der Waals surface area contributed by atoms with E-state index in [1.807, 2.05) is 24.3 Å². The third-order valence-corrected chi connectivity index (χ3v) is 5.60. The predicted octanol–water partition coefficient (Wildman–Crippen LogP) is 5.76. The highest BCUT2D eigenvalue weighted by molar-refractivity contribution is 7.99. The van der Waals surface area contributed by atoms with Crippen molar-refractivity contribution in [3.05, 3.63) is 41.0 Å². The number of hydrogen-bond acceptors (Lipinski definition) is 4. The molecule has 0 N–H and O–H groups in total. The topological polar surface area (TPSA) is 25.8 Å².